The van der Waals surface area contributed by atoms with Gasteiger partial charge >= 0.3 is 5.69 Å². The van der Waals surface area contributed by atoms with Gasteiger partial charge < -0.3 is 5.32 Å². The Bertz CT molecular complexity index is 739. The smallest absolute Gasteiger partial charge is 0.300 e. The fourth-order valence-corrected chi connectivity index (χ4v) is 2.28. The van der Waals surface area contributed by atoms with Crippen LogP contribution in [0.1, 0.15) is 10.4 Å². The number of nitro benzene ring substituents is 1. The molecule has 0 saturated heterocycles. The Morgan fingerprint density at radius 1 is 1.33 bits per heavy atom. The monoisotopic (exact) mass is 372 g/mol. The minimum absolute atomic E-state index is 0.132. The molecule has 21 heavy (non-hydrogen) atoms. The first-order valence-corrected chi connectivity index (χ1v) is 6.76. The van der Waals surface area contributed by atoms with Gasteiger partial charge in [-0.1, -0.05) is 17.7 Å². The summed E-state index contributed by atoms with van der Waals surface area (Å²) < 4.78 is 13.3. The molecule has 2 aromatic rings. The number of amides is 1. The lowest BCUT2D eigenvalue weighted by Gasteiger charge is -2.07. The Kier molecular flexibility index (Phi) is 4.54. The summed E-state index contributed by atoms with van der Waals surface area (Å²) in [7, 11) is 0. The number of halogens is 3. The van der Waals surface area contributed by atoms with Gasteiger partial charge in [0.05, 0.1) is 9.40 Å². The summed E-state index contributed by atoms with van der Waals surface area (Å²) >= 11 is 8.72. The lowest BCUT2D eigenvalue weighted by molar-refractivity contribution is -0.385. The van der Waals surface area contributed by atoms with Crippen molar-refractivity contribution < 1.29 is 14.1 Å². The van der Waals surface area contributed by atoms with E-state index in [1.165, 1.54) is 30.3 Å². The van der Waals surface area contributed by atoms with E-state index < -0.39 is 22.3 Å². The molecule has 1 amide bonds. The number of carbonyl (C=O) groups is 1. The van der Waals surface area contributed by atoms with E-state index in [0.29, 0.717) is 5.69 Å². The van der Waals surface area contributed by atoms with Crippen LogP contribution >= 0.6 is 27.5 Å². The normalized spacial score (nSPS) is 10.2. The Hall–Kier alpha value is -1.99. The standard InChI is InChI=1S/C13H7BrClFN2O3/c14-9-6-7(4-5-11(9)16)17-13(19)8-2-1-3-10(15)12(8)18(20)21/h1-6H,(H,17,19). The van der Waals surface area contributed by atoms with Crippen molar-refractivity contribution in [2.75, 3.05) is 5.32 Å². The van der Waals surface area contributed by atoms with Crippen molar-refractivity contribution in [1.82, 2.24) is 0 Å². The van der Waals surface area contributed by atoms with Crippen LogP contribution < -0.4 is 5.32 Å². The van der Waals surface area contributed by atoms with Crippen molar-refractivity contribution in [3.63, 3.8) is 0 Å². The number of nitrogens with zero attached hydrogens (tertiary/aromatic N) is 1. The molecular formula is C13H7BrClFN2O3. The predicted molar refractivity (Wildman–Crippen MR) is 80.2 cm³/mol. The van der Waals surface area contributed by atoms with E-state index in [0.717, 1.165) is 6.07 Å². The Morgan fingerprint density at radius 2 is 2.05 bits per heavy atom. The maximum Gasteiger partial charge on any atom is 0.300 e. The van der Waals surface area contributed by atoms with E-state index in [-0.39, 0.29) is 15.1 Å². The second-order valence-corrected chi connectivity index (χ2v) is 5.24. The van der Waals surface area contributed by atoms with Gasteiger partial charge in [-0.15, -0.1) is 0 Å². The molecule has 0 aliphatic rings. The second kappa shape index (κ2) is 6.19. The number of benzene rings is 2. The average Bonchev–Trinajstić information content (AvgIpc) is 2.42. The van der Waals surface area contributed by atoms with E-state index >= 15 is 0 Å². The van der Waals surface area contributed by atoms with Gasteiger partial charge in [0.1, 0.15) is 16.4 Å². The SMILES string of the molecule is O=C(Nc1ccc(F)c(Br)c1)c1cccc(Cl)c1[N+](=O)[O-]. The number of rotatable bonds is 3. The van der Waals surface area contributed by atoms with Gasteiger partial charge in [0, 0.05) is 5.69 Å². The molecule has 5 nitrogen and oxygen atoms in total. The highest BCUT2D eigenvalue weighted by Crippen LogP contribution is 2.29. The second-order valence-electron chi connectivity index (χ2n) is 3.98. The minimum atomic E-state index is -0.724. The van der Waals surface area contributed by atoms with Gasteiger partial charge in [-0.05, 0) is 46.3 Å². The van der Waals surface area contributed by atoms with Gasteiger partial charge in [-0.3, -0.25) is 14.9 Å². The molecule has 8 heteroatoms. The van der Waals surface area contributed by atoms with Crippen LogP contribution in [-0.4, -0.2) is 10.8 Å². The first-order chi connectivity index (χ1) is 9.90. The molecule has 0 aromatic heterocycles. The van der Waals surface area contributed by atoms with E-state index in [2.05, 4.69) is 21.2 Å². The number of para-hydroxylation sites is 1. The van der Waals surface area contributed by atoms with Crippen molar-refractivity contribution in [3.8, 4) is 0 Å². The number of hydrogen-bond acceptors (Lipinski definition) is 3. The summed E-state index contributed by atoms with van der Waals surface area (Å²) in [5, 5.41) is 13.3. The molecule has 0 bridgehead atoms. The summed E-state index contributed by atoms with van der Waals surface area (Å²) in [5.74, 6) is -1.19. The van der Waals surface area contributed by atoms with Crippen molar-refractivity contribution in [2.45, 2.75) is 0 Å². The third-order valence-corrected chi connectivity index (χ3v) is 3.50. The predicted octanol–water partition coefficient (Wildman–Crippen LogP) is 4.40. The lowest BCUT2D eigenvalue weighted by Crippen LogP contribution is -2.14. The van der Waals surface area contributed by atoms with Crippen LogP contribution in [0.25, 0.3) is 0 Å². The number of nitro groups is 1. The van der Waals surface area contributed by atoms with Crippen LogP contribution in [0, 0.1) is 15.9 Å². The molecule has 0 unspecified atom stereocenters. The summed E-state index contributed by atoms with van der Waals surface area (Å²) in [6, 6.07) is 7.90. The molecule has 0 aliphatic heterocycles. The van der Waals surface area contributed by atoms with Gasteiger partial charge in [0.25, 0.3) is 5.91 Å². The quantitative estimate of drug-likeness (QED) is 0.640. The zero-order valence-electron chi connectivity index (χ0n) is 10.3. The third kappa shape index (κ3) is 3.37. The first kappa shape index (κ1) is 15.4. The first-order valence-electron chi connectivity index (χ1n) is 5.59. The largest absolute Gasteiger partial charge is 0.322 e. The molecule has 2 aromatic carbocycles. The van der Waals surface area contributed by atoms with E-state index in [9.17, 15) is 19.3 Å². The van der Waals surface area contributed by atoms with E-state index in [1.54, 1.807) is 0 Å². The molecule has 108 valence electrons. The molecule has 1 N–H and O–H groups in total. The maximum atomic E-state index is 13.1. The number of carbonyl (C=O) groups excluding carboxylic acids is 1. The third-order valence-electron chi connectivity index (χ3n) is 2.59. The van der Waals surface area contributed by atoms with Gasteiger partial charge in [0.15, 0.2) is 0 Å². The van der Waals surface area contributed by atoms with Crippen molar-refractivity contribution in [3.05, 3.63) is 67.4 Å². The van der Waals surface area contributed by atoms with Crippen LogP contribution in [0.15, 0.2) is 40.9 Å². The van der Waals surface area contributed by atoms with Crippen LogP contribution in [0.3, 0.4) is 0 Å². The minimum Gasteiger partial charge on any atom is -0.322 e. The Balaban J connectivity index is 2.35. The van der Waals surface area contributed by atoms with Crippen LogP contribution in [-0.2, 0) is 0 Å². The van der Waals surface area contributed by atoms with Crippen molar-refractivity contribution in [2.24, 2.45) is 0 Å². The molecule has 0 radical (unpaired) electrons. The molecule has 0 saturated carbocycles. The molecule has 0 spiro atoms. The van der Waals surface area contributed by atoms with Crippen molar-refractivity contribution in [1.29, 1.82) is 0 Å². The topological polar surface area (TPSA) is 72.2 Å². The fraction of sp³-hybridized carbons (Fsp3) is 0. The molecule has 0 fully saturated rings. The summed E-state index contributed by atoms with van der Waals surface area (Å²) in [5.41, 5.74) is -0.353. The molecule has 0 heterocycles. The lowest BCUT2D eigenvalue weighted by atomic mass is 10.1. The molecule has 2 rings (SSSR count). The van der Waals surface area contributed by atoms with E-state index in [4.69, 9.17) is 11.6 Å². The maximum absolute atomic E-state index is 13.1. The molecule has 0 aliphatic carbocycles. The average molecular weight is 374 g/mol. The number of nitrogens with one attached hydrogen (secondary N) is 1. The van der Waals surface area contributed by atoms with Crippen LogP contribution in [0.5, 0.6) is 0 Å². The highest BCUT2D eigenvalue weighted by atomic mass is 79.9. The molecular weight excluding hydrogens is 367 g/mol. The zero-order chi connectivity index (χ0) is 15.6. The van der Waals surface area contributed by atoms with Gasteiger partial charge in [-0.2, -0.15) is 0 Å². The van der Waals surface area contributed by atoms with Gasteiger partial charge in [-0.25, -0.2) is 4.39 Å². The number of hydrogen-bond donors (Lipinski definition) is 1. The van der Waals surface area contributed by atoms with Crippen LogP contribution in [0.2, 0.25) is 5.02 Å². The molecule has 0 atom stereocenters. The highest BCUT2D eigenvalue weighted by Gasteiger charge is 2.23. The fourth-order valence-electron chi connectivity index (χ4n) is 1.66. The summed E-state index contributed by atoms with van der Waals surface area (Å²) in [6.07, 6.45) is 0. The van der Waals surface area contributed by atoms with E-state index in [1.807, 2.05) is 0 Å². The highest BCUT2D eigenvalue weighted by molar-refractivity contribution is 9.10. The summed E-state index contributed by atoms with van der Waals surface area (Å²) in [6.45, 7) is 0. The van der Waals surface area contributed by atoms with Crippen molar-refractivity contribution >= 4 is 44.8 Å². The van der Waals surface area contributed by atoms with Crippen LogP contribution in [0.4, 0.5) is 15.8 Å². The summed E-state index contributed by atoms with van der Waals surface area (Å²) in [4.78, 5) is 22.4. The Morgan fingerprint density at radius 3 is 2.67 bits per heavy atom. The zero-order valence-corrected chi connectivity index (χ0v) is 12.6. The number of anilines is 1. The Labute approximate surface area is 132 Å². The van der Waals surface area contributed by atoms with Gasteiger partial charge in [0.2, 0.25) is 0 Å².